The molecular weight excluding hydrogens is 350 g/mol. The van der Waals surface area contributed by atoms with Crippen molar-refractivity contribution in [1.29, 1.82) is 0 Å². The van der Waals surface area contributed by atoms with E-state index in [1.165, 1.54) is 12.8 Å². The second-order valence-corrected chi connectivity index (χ2v) is 9.57. The van der Waals surface area contributed by atoms with Gasteiger partial charge in [-0.1, -0.05) is 13.8 Å². The maximum absolute atomic E-state index is 13.2. The zero-order valence-corrected chi connectivity index (χ0v) is 18.6. The van der Waals surface area contributed by atoms with Crippen molar-refractivity contribution in [3.05, 3.63) is 23.0 Å². The first-order valence-electron chi connectivity index (χ1n) is 10.4. The van der Waals surface area contributed by atoms with E-state index in [1.807, 2.05) is 17.7 Å². The summed E-state index contributed by atoms with van der Waals surface area (Å²) in [5.74, 6) is 0.196. The van der Waals surface area contributed by atoms with Crippen LogP contribution in [0.2, 0.25) is 0 Å². The standard InChI is InChI=1S/C22H35N5O/c1-13(2)18-11-17(21(28)23-12-14(3)26(8)16-9-10-16)19-15(4)25-27(20(19)24-18)22(5,6)7/h11,13-14,16H,9-10,12H2,1-8H3,(H,23,28). The molecule has 6 nitrogen and oxygen atoms in total. The predicted molar refractivity (Wildman–Crippen MR) is 114 cm³/mol. The van der Waals surface area contributed by atoms with Gasteiger partial charge in [-0.3, -0.25) is 9.69 Å². The zero-order chi connectivity index (χ0) is 20.8. The highest BCUT2D eigenvalue weighted by Gasteiger charge is 2.30. The summed E-state index contributed by atoms with van der Waals surface area (Å²) in [6, 6.07) is 2.94. The van der Waals surface area contributed by atoms with E-state index in [9.17, 15) is 4.79 Å². The topological polar surface area (TPSA) is 63.1 Å². The van der Waals surface area contributed by atoms with Gasteiger partial charge in [0, 0.05) is 24.3 Å². The lowest BCUT2D eigenvalue weighted by atomic mass is 10.0. The number of nitrogens with one attached hydrogen (secondary N) is 1. The van der Waals surface area contributed by atoms with Crippen molar-refractivity contribution in [3.8, 4) is 0 Å². The van der Waals surface area contributed by atoms with Crippen LogP contribution in [0.4, 0.5) is 0 Å². The second kappa shape index (κ2) is 7.47. The quantitative estimate of drug-likeness (QED) is 0.821. The molecule has 0 aromatic carbocycles. The molecule has 0 spiro atoms. The monoisotopic (exact) mass is 385 g/mol. The van der Waals surface area contributed by atoms with E-state index in [0.717, 1.165) is 22.4 Å². The number of aromatic nitrogens is 3. The van der Waals surface area contributed by atoms with Crippen molar-refractivity contribution in [2.45, 2.75) is 84.8 Å². The Hall–Kier alpha value is -1.95. The van der Waals surface area contributed by atoms with E-state index >= 15 is 0 Å². The van der Waals surface area contributed by atoms with Crippen molar-refractivity contribution < 1.29 is 4.79 Å². The summed E-state index contributed by atoms with van der Waals surface area (Å²) >= 11 is 0. The minimum Gasteiger partial charge on any atom is -0.350 e. The molecule has 0 radical (unpaired) electrons. The average molecular weight is 386 g/mol. The van der Waals surface area contributed by atoms with Crippen LogP contribution < -0.4 is 5.32 Å². The van der Waals surface area contributed by atoms with Gasteiger partial charge in [0.2, 0.25) is 0 Å². The third-order valence-electron chi connectivity index (χ3n) is 5.68. The van der Waals surface area contributed by atoms with Gasteiger partial charge in [0.05, 0.1) is 22.2 Å². The molecule has 0 aliphatic heterocycles. The molecule has 1 N–H and O–H groups in total. The fraction of sp³-hybridized carbons (Fsp3) is 0.682. The van der Waals surface area contributed by atoms with Gasteiger partial charge < -0.3 is 5.32 Å². The highest BCUT2D eigenvalue weighted by Crippen LogP contribution is 2.29. The van der Waals surface area contributed by atoms with Crippen LogP contribution in [-0.2, 0) is 5.54 Å². The molecule has 1 saturated carbocycles. The first-order valence-corrected chi connectivity index (χ1v) is 10.4. The van der Waals surface area contributed by atoms with Crippen LogP contribution >= 0.6 is 0 Å². The van der Waals surface area contributed by atoms with Gasteiger partial charge in [-0.15, -0.1) is 0 Å². The van der Waals surface area contributed by atoms with Crippen LogP contribution in [0.25, 0.3) is 11.0 Å². The van der Waals surface area contributed by atoms with Crippen molar-refractivity contribution in [2.75, 3.05) is 13.6 Å². The minimum atomic E-state index is -0.204. The largest absolute Gasteiger partial charge is 0.350 e. The maximum atomic E-state index is 13.2. The molecule has 6 heteroatoms. The van der Waals surface area contributed by atoms with Crippen LogP contribution in [0.5, 0.6) is 0 Å². The molecule has 28 heavy (non-hydrogen) atoms. The molecule has 154 valence electrons. The number of likely N-dealkylation sites (N-methyl/N-ethyl adjacent to an activating group) is 1. The minimum absolute atomic E-state index is 0.0399. The molecule has 3 rings (SSSR count). The summed E-state index contributed by atoms with van der Waals surface area (Å²) in [7, 11) is 2.15. The Morgan fingerprint density at radius 2 is 1.96 bits per heavy atom. The molecular formula is C22H35N5O. The summed E-state index contributed by atoms with van der Waals surface area (Å²) in [6.07, 6.45) is 2.53. The van der Waals surface area contributed by atoms with Gasteiger partial charge in [-0.25, -0.2) is 9.67 Å². The van der Waals surface area contributed by atoms with Gasteiger partial charge >= 0.3 is 0 Å². The number of rotatable bonds is 6. The highest BCUT2D eigenvalue weighted by atomic mass is 16.1. The van der Waals surface area contributed by atoms with E-state index in [2.05, 4.69) is 58.8 Å². The second-order valence-electron chi connectivity index (χ2n) is 9.57. The Balaban J connectivity index is 1.96. The molecule has 2 aromatic rings. The molecule has 2 heterocycles. The van der Waals surface area contributed by atoms with E-state index in [0.29, 0.717) is 24.2 Å². The Labute approximate surface area is 168 Å². The number of carbonyl (C=O) groups excluding carboxylic acids is 1. The number of nitrogens with zero attached hydrogens (tertiary/aromatic N) is 4. The van der Waals surface area contributed by atoms with Crippen LogP contribution in [0.15, 0.2) is 6.07 Å². The lowest BCUT2D eigenvalue weighted by molar-refractivity contribution is 0.0941. The zero-order valence-electron chi connectivity index (χ0n) is 18.6. The predicted octanol–water partition coefficient (Wildman–Crippen LogP) is 3.83. The van der Waals surface area contributed by atoms with Crippen molar-refractivity contribution >= 4 is 16.9 Å². The maximum Gasteiger partial charge on any atom is 0.252 e. The molecule has 1 atom stereocenters. The number of pyridine rings is 1. The van der Waals surface area contributed by atoms with Gasteiger partial charge in [0.15, 0.2) is 5.65 Å². The van der Waals surface area contributed by atoms with Crippen LogP contribution in [0.3, 0.4) is 0 Å². The van der Waals surface area contributed by atoms with Gasteiger partial charge in [0.1, 0.15) is 0 Å². The Morgan fingerprint density at radius 1 is 1.32 bits per heavy atom. The summed E-state index contributed by atoms with van der Waals surface area (Å²) in [5.41, 5.74) is 3.05. The SMILES string of the molecule is Cc1nn(C(C)(C)C)c2nc(C(C)C)cc(C(=O)NCC(C)N(C)C3CC3)c12. The number of carbonyl (C=O) groups is 1. The first-order chi connectivity index (χ1) is 13.0. The average Bonchev–Trinajstić information content (AvgIpc) is 3.40. The van der Waals surface area contributed by atoms with E-state index in [1.54, 1.807) is 0 Å². The molecule has 1 aliphatic rings. The number of aryl methyl sites for hydroxylation is 1. The van der Waals surface area contributed by atoms with Crippen molar-refractivity contribution in [1.82, 2.24) is 25.0 Å². The van der Waals surface area contributed by atoms with Crippen LogP contribution in [0.1, 0.15) is 82.0 Å². The molecule has 1 amide bonds. The summed E-state index contributed by atoms with van der Waals surface area (Å²) < 4.78 is 1.95. The van der Waals surface area contributed by atoms with Gasteiger partial charge in [0.25, 0.3) is 5.91 Å². The summed E-state index contributed by atoms with van der Waals surface area (Å²) in [4.78, 5) is 20.4. The molecule has 1 aliphatic carbocycles. The molecule has 1 unspecified atom stereocenters. The molecule has 0 saturated heterocycles. The van der Waals surface area contributed by atoms with E-state index < -0.39 is 0 Å². The fourth-order valence-electron chi connectivity index (χ4n) is 3.57. The lowest BCUT2D eigenvalue weighted by Gasteiger charge is -2.24. The molecule has 2 aromatic heterocycles. The van der Waals surface area contributed by atoms with Crippen LogP contribution in [0, 0.1) is 6.92 Å². The number of fused-ring (bicyclic) bond motifs is 1. The van der Waals surface area contributed by atoms with E-state index in [-0.39, 0.29) is 17.4 Å². The Morgan fingerprint density at radius 3 is 2.50 bits per heavy atom. The van der Waals surface area contributed by atoms with E-state index in [4.69, 9.17) is 10.1 Å². The highest BCUT2D eigenvalue weighted by molar-refractivity contribution is 6.06. The number of amides is 1. The smallest absolute Gasteiger partial charge is 0.252 e. The Kier molecular flexibility index (Phi) is 5.54. The number of hydrogen-bond donors (Lipinski definition) is 1. The molecule has 1 fully saturated rings. The fourth-order valence-corrected chi connectivity index (χ4v) is 3.57. The van der Waals surface area contributed by atoms with Gasteiger partial charge in [-0.2, -0.15) is 5.10 Å². The Bertz CT molecular complexity index is 873. The normalized spacial score (nSPS) is 16.2. The summed E-state index contributed by atoms with van der Waals surface area (Å²) in [6.45, 7) is 15.3. The third kappa shape index (κ3) is 4.07. The molecule has 0 bridgehead atoms. The van der Waals surface area contributed by atoms with Crippen molar-refractivity contribution in [3.63, 3.8) is 0 Å². The third-order valence-corrected chi connectivity index (χ3v) is 5.68. The lowest BCUT2D eigenvalue weighted by Crippen LogP contribution is -2.41. The summed E-state index contributed by atoms with van der Waals surface area (Å²) in [5, 5.41) is 8.74. The van der Waals surface area contributed by atoms with Crippen LogP contribution in [-0.4, -0.2) is 51.2 Å². The van der Waals surface area contributed by atoms with Crippen molar-refractivity contribution in [2.24, 2.45) is 0 Å². The first kappa shape index (κ1) is 20.8. The van der Waals surface area contributed by atoms with Gasteiger partial charge in [-0.05, 0) is 66.5 Å². The number of hydrogen-bond acceptors (Lipinski definition) is 4.